The summed E-state index contributed by atoms with van der Waals surface area (Å²) in [4.78, 5) is 0. The van der Waals surface area contributed by atoms with Crippen molar-refractivity contribution in [1.29, 1.82) is 0 Å². The predicted molar refractivity (Wildman–Crippen MR) is 87.6 cm³/mol. The third-order valence-corrected chi connectivity index (χ3v) is 4.24. The molecule has 2 aromatic carbocycles. The molecule has 0 spiro atoms. The first-order chi connectivity index (χ1) is 9.88. The molecule has 0 fully saturated rings. The Kier molecular flexibility index (Phi) is 4.86. The average molecular weight is 288 g/mol. The van der Waals surface area contributed by atoms with Crippen LogP contribution in [0, 0.1) is 0 Å². The second kappa shape index (κ2) is 6.46. The second-order valence-electron chi connectivity index (χ2n) is 6.53. The molecule has 2 rings (SSSR count). The highest BCUT2D eigenvalue weighted by Gasteiger charge is 2.24. The fraction of sp³-hybridized carbons (Fsp3) is 0.444. The van der Waals surface area contributed by atoms with Crippen LogP contribution in [0.25, 0.3) is 10.8 Å². The lowest BCUT2D eigenvalue weighted by atomic mass is 10.1. The van der Waals surface area contributed by atoms with Crippen LogP contribution in [0.15, 0.2) is 42.5 Å². The van der Waals surface area contributed by atoms with Crippen molar-refractivity contribution in [2.45, 2.75) is 26.0 Å². The molecule has 3 heteroatoms. The molecule has 3 nitrogen and oxygen atoms in total. The molecule has 21 heavy (non-hydrogen) atoms. The minimum absolute atomic E-state index is 0.326. The molecule has 0 heterocycles. The van der Waals surface area contributed by atoms with Crippen molar-refractivity contribution in [3.05, 3.63) is 42.5 Å². The number of likely N-dealkylation sites (N-methyl/N-ethyl adjacent to an activating group) is 1. The largest absolute Gasteiger partial charge is 0.491 e. The van der Waals surface area contributed by atoms with Gasteiger partial charge in [0.2, 0.25) is 0 Å². The molecular formula is C18H26NO2+. The van der Waals surface area contributed by atoms with Crippen LogP contribution in [0.3, 0.4) is 0 Å². The minimum atomic E-state index is -0.464. The SMILES string of the molecule is CC(C)[N+](C)(C)C[C@@H](O)COc1ccc2ccccc2c1. The summed E-state index contributed by atoms with van der Waals surface area (Å²) < 4.78 is 6.52. The number of fused-ring (bicyclic) bond motifs is 1. The maximum absolute atomic E-state index is 10.2. The van der Waals surface area contributed by atoms with Crippen molar-refractivity contribution in [1.82, 2.24) is 0 Å². The minimum Gasteiger partial charge on any atom is -0.491 e. The Labute approximate surface area is 127 Å². The summed E-state index contributed by atoms with van der Waals surface area (Å²) in [6.07, 6.45) is -0.464. The summed E-state index contributed by atoms with van der Waals surface area (Å²) in [5.74, 6) is 0.808. The number of aliphatic hydroxyl groups excluding tert-OH is 1. The first-order valence-corrected chi connectivity index (χ1v) is 7.51. The molecule has 114 valence electrons. The summed E-state index contributed by atoms with van der Waals surface area (Å²) in [5, 5.41) is 12.5. The fourth-order valence-corrected chi connectivity index (χ4v) is 2.26. The van der Waals surface area contributed by atoms with Crippen molar-refractivity contribution in [3.8, 4) is 5.75 Å². The lowest BCUT2D eigenvalue weighted by molar-refractivity contribution is -0.914. The zero-order valence-electron chi connectivity index (χ0n) is 13.4. The summed E-state index contributed by atoms with van der Waals surface area (Å²) in [6.45, 7) is 5.34. The van der Waals surface area contributed by atoms with Gasteiger partial charge in [0.05, 0.1) is 20.1 Å². The first kappa shape index (κ1) is 15.8. The zero-order chi connectivity index (χ0) is 15.5. The van der Waals surface area contributed by atoms with E-state index < -0.39 is 6.10 Å². The van der Waals surface area contributed by atoms with Gasteiger partial charge >= 0.3 is 0 Å². The number of rotatable bonds is 6. The second-order valence-corrected chi connectivity index (χ2v) is 6.53. The van der Waals surface area contributed by atoms with Crippen LogP contribution in [0.1, 0.15) is 13.8 Å². The van der Waals surface area contributed by atoms with Crippen LogP contribution >= 0.6 is 0 Å². The van der Waals surface area contributed by atoms with Gasteiger partial charge in [-0.3, -0.25) is 0 Å². The highest BCUT2D eigenvalue weighted by atomic mass is 16.5. The van der Waals surface area contributed by atoms with Crippen LogP contribution in [0.4, 0.5) is 0 Å². The lowest BCUT2D eigenvalue weighted by Crippen LogP contribution is -2.51. The third-order valence-electron chi connectivity index (χ3n) is 4.24. The molecule has 0 saturated heterocycles. The van der Waals surface area contributed by atoms with Gasteiger partial charge in [0, 0.05) is 0 Å². The summed E-state index contributed by atoms with van der Waals surface area (Å²) in [6, 6.07) is 14.7. The molecule has 1 N–H and O–H groups in total. The summed E-state index contributed by atoms with van der Waals surface area (Å²) in [5.41, 5.74) is 0. The van der Waals surface area contributed by atoms with Crippen LogP contribution in [0.5, 0.6) is 5.75 Å². The van der Waals surface area contributed by atoms with Crippen LogP contribution in [-0.4, -0.2) is 49.0 Å². The molecule has 0 aliphatic heterocycles. The van der Waals surface area contributed by atoms with Gasteiger partial charge in [-0.2, -0.15) is 0 Å². The molecule has 0 saturated carbocycles. The van der Waals surface area contributed by atoms with Gasteiger partial charge in [-0.05, 0) is 36.8 Å². The molecule has 0 bridgehead atoms. The van der Waals surface area contributed by atoms with E-state index in [-0.39, 0.29) is 0 Å². The monoisotopic (exact) mass is 288 g/mol. The number of ether oxygens (including phenoxy) is 1. The van der Waals surface area contributed by atoms with Crippen LogP contribution in [-0.2, 0) is 0 Å². The van der Waals surface area contributed by atoms with Gasteiger partial charge in [-0.1, -0.05) is 30.3 Å². The third kappa shape index (κ3) is 4.19. The molecule has 0 aliphatic carbocycles. The molecular weight excluding hydrogens is 262 g/mol. The molecule has 0 amide bonds. The van der Waals surface area contributed by atoms with Gasteiger partial charge in [0.1, 0.15) is 25.0 Å². The number of benzene rings is 2. The van der Waals surface area contributed by atoms with E-state index in [1.807, 2.05) is 30.3 Å². The van der Waals surface area contributed by atoms with Crippen molar-refractivity contribution >= 4 is 10.8 Å². The van der Waals surface area contributed by atoms with E-state index in [9.17, 15) is 5.11 Å². The topological polar surface area (TPSA) is 29.5 Å². The number of aliphatic hydroxyl groups is 1. The van der Waals surface area contributed by atoms with Crippen LogP contribution < -0.4 is 4.74 Å². The Bertz CT molecular complexity index is 593. The van der Waals surface area contributed by atoms with E-state index in [1.54, 1.807) is 0 Å². The van der Waals surface area contributed by atoms with Crippen molar-refractivity contribution < 1.29 is 14.3 Å². The number of hydrogen-bond donors (Lipinski definition) is 1. The highest BCUT2D eigenvalue weighted by molar-refractivity contribution is 5.83. The molecule has 2 aromatic rings. The van der Waals surface area contributed by atoms with E-state index in [4.69, 9.17) is 4.74 Å². The van der Waals surface area contributed by atoms with Crippen LogP contribution in [0.2, 0.25) is 0 Å². The maximum atomic E-state index is 10.2. The molecule has 0 radical (unpaired) electrons. The first-order valence-electron chi connectivity index (χ1n) is 7.51. The van der Waals surface area contributed by atoms with E-state index in [2.05, 4.69) is 40.1 Å². The Morgan fingerprint density at radius 1 is 1.05 bits per heavy atom. The van der Waals surface area contributed by atoms with Crippen molar-refractivity contribution in [3.63, 3.8) is 0 Å². The van der Waals surface area contributed by atoms with Gasteiger partial charge in [0.25, 0.3) is 0 Å². The van der Waals surface area contributed by atoms with E-state index >= 15 is 0 Å². The number of hydrogen-bond acceptors (Lipinski definition) is 2. The Morgan fingerprint density at radius 2 is 1.71 bits per heavy atom. The Hall–Kier alpha value is -1.58. The van der Waals surface area contributed by atoms with Gasteiger partial charge in [-0.15, -0.1) is 0 Å². The fourth-order valence-electron chi connectivity index (χ4n) is 2.26. The zero-order valence-corrected chi connectivity index (χ0v) is 13.4. The summed E-state index contributed by atoms with van der Waals surface area (Å²) in [7, 11) is 4.26. The number of nitrogens with zero attached hydrogens (tertiary/aromatic N) is 1. The average Bonchev–Trinajstić information content (AvgIpc) is 2.44. The van der Waals surface area contributed by atoms with E-state index in [1.165, 1.54) is 5.39 Å². The lowest BCUT2D eigenvalue weighted by Gasteiger charge is -2.35. The Balaban J connectivity index is 1.95. The normalized spacial score (nSPS) is 13.6. The molecule has 0 aromatic heterocycles. The van der Waals surface area contributed by atoms with Crippen molar-refractivity contribution in [2.75, 3.05) is 27.2 Å². The molecule has 1 atom stereocenters. The standard InChI is InChI=1S/C18H26NO2/c1-14(2)19(3,4)12-17(20)13-21-18-10-9-15-7-5-6-8-16(15)11-18/h5-11,14,17,20H,12-13H2,1-4H3/q+1/t17-/m1/s1. The van der Waals surface area contributed by atoms with Gasteiger partial charge < -0.3 is 14.3 Å². The van der Waals surface area contributed by atoms with Gasteiger partial charge in [-0.25, -0.2) is 0 Å². The van der Waals surface area contributed by atoms with Gasteiger partial charge in [0.15, 0.2) is 0 Å². The maximum Gasteiger partial charge on any atom is 0.137 e. The summed E-state index contributed by atoms with van der Waals surface area (Å²) >= 11 is 0. The highest BCUT2D eigenvalue weighted by Crippen LogP contribution is 2.20. The predicted octanol–water partition coefficient (Wildman–Crippen LogP) is 3.06. The Morgan fingerprint density at radius 3 is 2.38 bits per heavy atom. The number of quaternary nitrogens is 1. The quantitative estimate of drug-likeness (QED) is 0.828. The van der Waals surface area contributed by atoms with E-state index in [0.29, 0.717) is 19.2 Å². The molecule has 0 unspecified atom stereocenters. The molecule has 0 aliphatic rings. The van der Waals surface area contributed by atoms with E-state index in [0.717, 1.165) is 15.6 Å². The van der Waals surface area contributed by atoms with Crippen molar-refractivity contribution in [2.24, 2.45) is 0 Å². The smallest absolute Gasteiger partial charge is 0.137 e.